The molecule has 1 heterocycles. The first-order chi connectivity index (χ1) is 5.77. The predicted molar refractivity (Wildman–Crippen MR) is 58.0 cm³/mol. The summed E-state index contributed by atoms with van der Waals surface area (Å²) in [6.07, 6.45) is 2.62. The molecule has 0 bridgehead atoms. The second kappa shape index (κ2) is 3.51. The molecule has 3 atom stereocenters. The van der Waals surface area contributed by atoms with E-state index in [1.54, 1.807) is 11.3 Å². The fraction of sp³-hybridized carbons (Fsp3) is 0.600. The third-order valence-corrected chi connectivity index (χ3v) is 4.38. The molecule has 0 amide bonds. The van der Waals surface area contributed by atoms with E-state index < -0.39 is 0 Å². The third-order valence-electron chi connectivity index (χ3n) is 2.65. The first kappa shape index (κ1) is 8.76. The van der Waals surface area contributed by atoms with Crippen molar-refractivity contribution in [2.24, 2.45) is 11.8 Å². The monoisotopic (exact) mass is 244 g/mol. The Morgan fingerprint density at radius 3 is 3.00 bits per heavy atom. The molecule has 2 rings (SSSR count). The van der Waals surface area contributed by atoms with Gasteiger partial charge in [-0.05, 0) is 47.1 Å². The highest BCUT2D eigenvalue weighted by Crippen LogP contribution is 2.44. The number of halogens is 1. The number of alkyl halides is 1. The van der Waals surface area contributed by atoms with Gasteiger partial charge < -0.3 is 0 Å². The van der Waals surface area contributed by atoms with Crippen molar-refractivity contribution in [3.05, 3.63) is 22.4 Å². The topological polar surface area (TPSA) is 0 Å². The van der Waals surface area contributed by atoms with Gasteiger partial charge in [-0.15, -0.1) is 0 Å². The normalized spacial score (nSPS) is 30.2. The van der Waals surface area contributed by atoms with Crippen LogP contribution in [0.15, 0.2) is 16.8 Å². The van der Waals surface area contributed by atoms with E-state index >= 15 is 0 Å². The molecule has 1 aromatic heterocycles. The van der Waals surface area contributed by atoms with Gasteiger partial charge in [0.05, 0.1) is 0 Å². The van der Waals surface area contributed by atoms with Crippen LogP contribution in [0.5, 0.6) is 0 Å². The standard InChI is InChI=1S/C10H13BrS/c1-7-4-9(7)10(11)5-8-2-3-12-6-8/h2-3,6-7,9-10H,4-5H2,1H3. The highest BCUT2D eigenvalue weighted by atomic mass is 79.9. The average molecular weight is 245 g/mol. The Kier molecular flexibility index (Phi) is 2.56. The average Bonchev–Trinajstić information content (AvgIpc) is 2.58. The van der Waals surface area contributed by atoms with Crippen LogP contribution in [-0.4, -0.2) is 4.83 Å². The van der Waals surface area contributed by atoms with E-state index in [2.05, 4.69) is 39.7 Å². The van der Waals surface area contributed by atoms with Crippen LogP contribution < -0.4 is 0 Å². The second-order valence-electron chi connectivity index (χ2n) is 3.73. The van der Waals surface area contributed by atoms with Gasteiger partial charge in [-0.25, -0.2) is 0 Å². The van der Waals surface area contributed by atoms with Crippen LogP contribution in [0.1, 0.15) is 18.9 Å². The van der Waals surface area contributed by atoms with Gasteiger partial charge in [0.15, 0.2) is 0 Å². The SMILES string of the molecule is CC1CC1C(Br)Cc1ccsc1. The number of hydrogen-bond acceptors (Lipinski definition) is 1. The molecule has 0 saturated heterocycles. The molecule has 2 heteroatoms. The van der Waals surface area contributed by atoms with Crippen LogP contribution in [0.3, 0.4) is 0 Å². The first-order valence-corrected chi connectivity index (χ1v) is 6.28. The maximum Gasteiger partial charge on any atom is 0.0217 e. The predicted octanol–water partition coefficient (Wildman–Crippen LogP) is 3.71. The Morgan fingerprint density at radius 1 is 1.75 bits per heavy atom. The Balaban J connectivity index is 1.87. The minimum absolute atomic E-state index is 0.710. The molecule has 12 heavy (non-hydrogen) atoms. The van der Waals surface area contributed by atoms with Gasteiger partial charge in [0, 0.05) is 4.83 Å². The van der Waals surface area contributed by atoms with Crippen LogP contribution in [0.4, 0.5) is 0 Å². The molecule has 1 saturated carbocycles. The molecule has 66 valence electrons. The summed E-state index contributed by atoms with van der Waals surface area (Å²) in [4.78, 5) is 0.710. The number of hydrogen-bond donors (Lipinski definition) is 0. The minimum Gasteiger partial charge on any atom is -0.152 e. The molecule has 0 radical (unpaired) electrons. The summed E-state index contributed by atoms with van der Waals surface area (Å²) in [5.41, 5.74) is 1.49. The van der Waals surface area contributed by atoms with E-state index in [-0.39, 0.29) is 0 Å². The molecular formula is C10H13BrS. The summed E-state index contributed by atoms with van der Waals surface area (Å²) in [5, 5.41) is 4.41. The lowest BCUT2D eigenvalue weighted by Gasteiger charge is -2.06. The van der Waals surface area contributed by atoms with Gasteiger partial charge in [-0.1, -0.05) is 22.9 Å². The lowest BCUT2D eigenvalue weighted by atomic mass is 10.1. The molecule has 1 aromatic rings. The van der Waals surface area contributed by atoms with Crippen molar-refractivity contribution in [1.82, 2.24) is 0 Å². The molecule has 1 aliphatic carbocycles. The summed E-state index contributed by atoms with van der Waals surface area (Å²) in [6.45, 7) is 2.34. The second-order valence-corrected chi connectivity index (χ2v) is 5.68. The van der Waals surface area contributed by atoms with E-state index in [0.29, 0.717) is 4.83 Å². The van der Waals surface area contributed by atoms with E-state index in [9.17, 15) is 0 Å². The Labute approximate surface area is 86.1 Å². The van der Waals surface area contributed by atoms with Gasteiger partial charge in [0.25, 0.3) is 0 Å². The molecular weight excluding hydrogens is 232 g/mol. The van der Waals surface area contributed by atoms with Crippen LogP contribution in [0.25, 0.3) is 0 Å². The maximum atomic E-state index is 3.77. The van der Waals surface area contributed by atoms with Crippen molar-refractivity contribution >= 4 is 27.3 Å². The van der Waals surface area contributed by atoms with Crippen LogP contribution in [0, 0.1) is 11.8 Å². The van der Waals surface area contributed by atoms with Crippen molar-refractivity contribution < 1.29 is 0 Å². The van der Waals surface area contributed by atoms with Gasteiger partial charge in [0.1, 0.15) is 0 Å². The molecule has 0 aliphatic heterocycles. The molecule has 1 aliphatic rings. The fourth-order valence-electron chi connectivity index (χ4n) is 1.64. The third kappa shape index (κ3) is 1.91. The molecule has 0 nitrogen and oxygen atoms in total. The van der Waals surface area contributed by atoms with Crippen molar-refractivity contribution in [2.45, 2.75) is 24.6 Å². The van der Waals surface area contributed by atoms with Crippen LogP contribution in [0.2, 0.25) is 0 Å². The Morgan fingerprint density at radius 2 is 2.50 bits per heavy atom. The molecule has 0 aromatic carbocycles. The largest absolute Gasteiger partial charge is 0.152 e. The van der Waals surface area contributed by atoms with E-state index in [1.165, 1.54) is 18.4 Å². The summed E-state index contributed by atoms with van der Waals surface area (Å²) in [7, 11) is 0. The zero-order chi connectivity index (χ0) is 8.55. The van der Waals surface area contributed by atoms with E-state index in [1.807, 2.05) is 0 Å². The fourth-order valence-corrected chi connectivity index (χ4v) is 3.43. The van der Waals surface area contributed by atoms with Crippen molar-refractivity contribution in [3.8, 4) is 0 Å². The summed E-state index contributed by atoms with van der Waals surface area (Å²) >= 11 is 5.56. The number of thiophene rings is 1. The number of rotatable bonds is 3. The zero-order valence-corrected chi connectivity index (χ0v) is 9.57. The molecule has 0 spiro atoms. The van der Waals surface area contributed by atoms with Crippen molar-refractivity contribution in [2.75, 3.05) is 0 Å². The van der Waals surface area contributed by atoms with Gasteiger partial charge in [-0.3, -0.25) is 0 Å². The maximum absolute atomic E-state index is 3.77. The Bertz CT molecular complexity index is 242. The van der Waals surface area contributed by atoms with Crippen LogP contribution >= 0.6 is 27.3 Å². The minimum atomic E-state index is 0.710. The van der Waals surface area contributed by atoms with Crippen LogP contribution in [-0.2, 0) is 6.42 Å². The molecule has 0 N–H and O–H groups in total. The molecule has 1 fully saturated rings. The molecule has 3 unspecified atom stereocenters. The van der Waals surface area contributed by atoms with Gasteiger partial charge >= 0.3 is 0 Å². The van der Waals surface area contributed by atoms with Crippen molar-refractivity contribution in [3.63, 3.8) is 0 Å². The first-order valence-electron chi connectivity index (χ1n) is 4.42. The highest BCUT2D eigenvalue weighted by molar-refractivity contribution is 9.09. The highest BCUT2D eigenvalue weighted by Gasteiger charge is 2.37. The Hall–Kier alpha value is 0.180. The lowest BCUT2D eigenvalue weighted by Crippen LogP contribution is -2.05. The quantitative estimate of drug-likeness (QED) is 0.712. The zero-order valence-electron chi connectivity index (χ0n) is 7.16. The van der Waals surface area contributed by atoms with Gasteiger partial charge in [0.2, 0.25) is 0 Å². The summed E-state index contributed by atoms with van der Waals surface area (Å²) in [5.74, 6) is 1.89. The smallest absolute Gasteiger partial charge is 0.0217 e. The van der Waals surface area contributed by atoms with E-state index in [4.69, 9.17) is 0 Å². The summed E-state index contributed by atoms with van der Waals surface area (Å²) in [6, 6.07) is 2.23. The van der Waals surface area contributed by atoms with Gasteiger partial charge in [-0.2, -0.15) is 11.3 Å². The lowest BCUT2D eigenvalue weighted by molar-refractivity contribution is 0.702. The van der Waals surface area contributed by atoms with E-state index in [0.717, 1.165) is 11.8 Å². The summed E-state index contributed by atoms with van der Waals surface area (Å²) < 4.78 is 0. The van der Waals surface area contributed by atoms with Crippen molar-refractivity contribution in [1.29, 1.82) is 0 Å².